The summed E-state index contributed by atoms with van der Waals surface area (Å²) in [4.78, 5) is 35.4. The second-order valence-corrected chi connectivity index (χ2v) is 12.4. The van der Waals surface area contributed by atoms with E-state index in [1.807, 2.05) is 44.5 Å². The van der Waals surface area contributed by atoms with Gasteiger partial charge in [-0.3, -0.25) is 9.69 Å². The van der Waals surface area contributed by atoms with E-state index >= 15 is 0 Å². The zero-order valence-corrected chi connectivity index (χ0v) is 25.1. The summed E-state index contributed by atoms with van der Waals surface area (Å²) in [5.41, 5.74) is 3.46. The van der Waals surface area contributed by atoms with Gasteiger partial charge in [-0.2, -0.15) is 0 Å². The Hall–Kier alpha value is -4.31. The standard InChI is InChI=1S/C33H38FN5O4/c1-33(2,3)18-30(40)35-24-10-8-23(25(34)17-24)20-43-31-7-5-6-26(37-31)21-12-14-39(15-13-21)19-29-36-27-11-9-22(32(41)42)16-28(27)38(29)4/h5-11,16-17,21H,12-15,18-20H2,1-4H3,(H,35,40)(H,41,42). The zero-order valence-electron chi connectivity index (χ0n) is 25.1. The second-order valence-electron chi connectivity index (χ2n) is 12.4. The maximum Gasteiger partial charge on any atom is 0.335 e. The molecule has 0 radical (unpaired) electrons. The van der Waals surface area contributed by atoms with Gasteiger partial charge < -0.3 is 19.7 Å². The molecule has 1 fully saturated rings. The highest BCUT2D eigenvalue weighted by molar-refractivity contribution is 5.92. The first-order chi connectivity index (χ1) is 20.4. The molecule has 9 nitrogen and oxygen atoms in total. The largest absolute Gasteiger partial charge is 0.478 e. The molecule has 2 aromatic carbocycles. The third-order valence-electron chi connectivity index (χ3n) is 7.74. The summed E-state index contributed by atoms with van der Waals surface area (Å²) in [5, 5.41) is 12.1. The Labute approximate surface area is 250 Å². The number of ether oxygens (including phenoxy) is 1. The molecule has 2 aromatic heterocycles. The third-order valence-corrected chi connectivity index (χ3v) is 7.74. The summed E-state index contributed by atoms with van der Waals surface area (Å²) in [7, 11) is 1.92. The van der Waals surface area contributed by atoms with Gasteiger partial charge in [0, 0.05) is 42.4 Å². The molecule has 1 amide bonds. The van der Waals surface area contributed by atoms with E-state index in [0.29, 0.717) is 30.1 Å². The molecule has 3 heterocycles. The van der Waals surface area contributed by atoms with Crippen LogP contribution in [0.5, 0.6) is 5.88 Å². The number of carboxylic acid groups (broad SMARTS) is 1. The third kappa shape index (κ3) is 7.56. The minimum absolute atomic E-state index is 0.0307. The minimum Gasteiger partial charge on any atom is -0.478 e. The monoisotopic (exact) mass is 587 g/mol. The van der Waals surface area contributed by atoms with Crippen molar-refractivity contribution < 1.29 is 23.8 Å². The number of hydrogen-bond acceptors (Lipinski definition) is 6. The first-order valence-electron chi connectivity index (χ1n) is 14.5. The highest BCUT2D eigenvalue weighted by atomic mass is 19.1. The Kier molecular flexibility index (Phi) is 8.77. The second kappa shape index (κ2) is 12.5. The van der Waals surface area contributed by atoms with Crippen LogP contribution in [0.25, 0.3) is 11.0 Å². The molecule has 10 heteroatoms. The van der Waals surface area contributed by atoms with Crippen LogP contribution in [0.1, 0.15) is 73.4 Å². The number of likely N-dealkylation sites (tertiary alicyclic amines) is 1. The number of halogens is 1. The van der Waals surface area contributed by atoms with Gasteiger partial charge in [0.25, 0.3) is 0 Å². The number of aromatic nitrogens is 3. The van der Waals surface area contributed by atoms with Gasteiger partial charge in [0.1, 0.15) is 18.2 Å². The fraction of sp³-hybridized carbons (Fsp3) is 0.394. The molecule has 1 aliphatic heterocycles. The summed E-state index contributed by atoms with van der Waals surface area (Å²) in [6.45, 7) is 8.41. The minimum atomic E-state index is -0.950. The van der Waals surface area contributed by atoms with E-state index < -0.39 is 11.8 Å². The zero-order chi connectivity index (χ0) is 30.7. The number of pyridine rings is 1. The lowest BCUT2D eigenvalue weighted by molar-refractivity contribution is -0.117. The number of fused-ring (bicyclic) bond motifs is 1. The normalized spacial score (nSPS) is 14.6. The van der Waals surface area contributed by atoms with E-state index in [-0.39, 0.29) is 29.4 Å². The number of aryl methyl sites for hydroxylation is 1. The smallest absolute Gasteiger partial charge is 0.335 e. The molecule has 5 rings (SSSR count). The lowest BCUT2D eigenvalue weighted by Crippen LogP contribution is -2.33. The highest BCUT2D eigenvalue weighted by Crippen LogP contribution is 2.29. The van der Waals surface area contributed by atoms with Crippen molar-refractivity contribution in [1.29, 1.82) is 0 Å². The van der Waals surface area contributed by atoms with Crippen LogP contribution in [-0.4, -0.2) is 49.5 Å². The summed E-state index contributed by atoms with van der Waals surface area (Å²) in [6.07, 6.45) is 2.21. The molecule has 0 unspecified atom stereocenters. The van der Waals surface area contributed by atoms with Crippen LogP contribution in [0, 0.1) is 11.2 Å². The molecule has 0 saturated carbocycles. The van der Waals surface area contributed by atoms with Crippen LogP contribution in [0.15, 0.2) is 54.6 Å². The molecule has 2 N–H and O–H groups in total. The number of nitrogens with zero attached hydrogens (tertiary/aromatic N) is 4. The van der Waals surface area contributed by atoms with Crippen molar-refractivity contribution in [3.05, 3.63) is 83.1 Å². The van der Waals surface area contributed by atoms with Crippen molar-refractivity contribution in [1.82, 2.24) is 19.4 Å². The molecule has 0 atom stereocenters. The fourth-order valence-corrected chi connectivity index (χ4v) is 5.42. The molecule has 226 valence electrons. The van der Waals surface area contributed by atoms with Crippen LogP contribution < -0.4 is 10.1 Å². The van der Waals surface area contributed by atoms with Crippen molar-refractivity contribution in [2.45, 2.75) is 59.1 Å². The number of carbonyl (C=O) groups excluding carboxylic acids is 1. The van der Waals surface area contributed by atoms with Gasteiger partial charge in [-0.25, -0.2) is 19.2 Å². The van der Waals surface area contributed by atoms with Gasteiger partial charge in [-0.1, -0.05) is 32.9 Å². The van der Waals surface area contributed by atoms with Crippen molar-refractivity contribution in [3.8, 4) is 5.88 Å². The number of amides is 1. The highest BCUT2D eigenvalue weighted by Gasteiger charge is 2.24. The predicted octanol–water partition coefficient (Wildman–Crippen LogP) is 6.14. The lowest BCUT2D eigenvalue weighted by atomic mass is 9.92. The van der Waals surface area contributed by atoms with Gasteiger partial charge in [0.05, 0.1) is 23.1 Å². The van der Waals surface area contributed by atoms with Crippen molar-refractivity contribution >= 4 is 28.6 Å². The molecule has 1 aliphatic rings. The Bertz CT molecular complexity index is 1640. The maximum absolute atomic E-state index is 14.8. The lowest BCUT2D eigenvalue weighted by Gasteiger charge is -2.31. The van der Waals surface area contributed by atoms with Gasteiger partial charge >= 0.3 is 5.97 Å². The molecular weight excluding hydrogens is 549 g/mol. The first-order valence-corrected chi connectivity index (χ1v) is 14.5. The van der Waals surface area contributed by atoms with Gasteiger partial charge in [0.15, 0.2) is 0 Å². The van der Waals surface area contributed by atoms with Crippen molar-refractivity contribution in [2.75, 3.05) is 18.4 Å². The predicted molar refractivity (Wildman–Crippen MR) is 163 cm³/mol. The van der Waals surface area contributed by atoms with Gasteiger partial charge in [-0.05, 0) is 67.7 Å². The Morgan fingerprint density at radius 1 is 1.07 bits per heavy atom. The number of piperidine rings is 1. The average Bonchev–Trinajstić information content (AvgIpc) is 3.26. The fourth-order valence-electron chi connectivity index (χ4n) is 5.42. The molecule has 0 aliphatic carbocycles. The number of carboxylic acids is 1. The molecule has 43 heavy (non-hydrogen) atoms. The van der Waals surface area contributed by atoms with Crippen LogP contribution in [0.2, 0.25) is 0 Å². The summed E-state index contributed by atoms with van der Waals surface area (Å²) >= 11 is 0. The van der Waals surface area contributed by atoms with Crippen molar-refractivity contribution in [2.24, 2.45) is 12.5 Å². The quantitative estimate of drug-likeness (QED) is 0.242. The van der Waals surface area contributed by atoms with Gasteiger partial charge in [-0.15, -0.1) is 0 Å². The summed E-state index contributed by atoms with van der Waals surface area (Å²) in [5.74, 6) is 0.0870. The molecule has 1 saturated heterocycles. The molecule has 0 spiro atoms. The SMILES string of the molecule is Cn1c(CN2CCC(c3cccc(OCc4ccc(NC(=O)CC(C)(C)C)cc4F)n3)CC2)nc2ccc(C(=O)O)cc21. The topological polar surface area (TPSA) is 110 Å². The average molecular weight is 588 g/mol. The Balaban J connectivity index is 1.14. The number of aromatic carboxylic acids is 1. The Morgan fingerprint density at radius 2 is 1.84 bits per heavy atom. The molecule has 0 bridgehead atoms. The number of imidazole rings is 1. The van der Waals surface area contributed by atoms with Crippen LogP contribution in [-0.2, 0) is 25.0 Å². The van der Waals surface area contributed by atoms with Crippen LogP contribution in [0.3, 0.4) is 0 Å². The van der Waals surface area contributed by atoms with Gasteiger partial charge in [0.2, 0.25) is 11.8 Å². The van der Waals surface area contributed by atoms with E-state index in [2.05, 4.69) is 10.2 Å². The van der Waals surface area contributed by atoms with E-state index in [0.717, 1.165) is 48.5 Å². The summed E-state index contributed by atoms with van der Waals surface area (Å²) in [6, 6.07) is 15.3. The maximum atomic E-state index is 14.8. The summed E-state index contributed by atoms with van der Waals surface area (Å²) < 4.78 is 22.6. The van der Waals surface area contributed by atoms with E-state index in [1.165, 1.54) is 6.07 Å². The van der Waals surface area contributed by atoms with E-state index in [9.17, 15) is 19.1 Å². The number of rotatable bonds is 9. The van der Waals surface area contributed by atoms with Crippen LogP contribution in [0.4, 0.5) is 10.1 Å². The number of nitrogens with one attached hydrogen (secondary N) is 1. The van der Waals surface area contributed by atoms with Crippen molar-refractivity contribution in [3.63, 3.8) is 0 Å². The number of anilines is 1. The molecular formula is C33H38FN5O4. The Morgan fingerprint density at radius 3 is 2.53 bits per heavy atom. The van der Waals surface area contributed by atoms with E-state index in [1.54, 1.807) is 36.4 Å². The number of hydrogen-bond donors (Lipinski definition) is 2. The number of benzene rings is 2. The molecule has 4 aromatic rings. The first kappa shape index (κ1) is 30.2. The number of carbonyl (C=O) groups is 2. The van der Waals surface area contributed by atoms with Crippen LogP contribution >= 0.6 is 0 Å². The van der Waals surface area contributed by atoms with E-state index in [4.69, 9.17) is 14.7 Å².